The maximum absolute atomic E-state index is 6.39. The molecule has 0 aliphatic carbocycles. The van der Waals surface area contributed by atoms with E-state index in [0.29, 0.717) is 25.4 Å². The van der Waals surface area contributed by atoms with E-state index in [1.807, 2.05) is 30.3 Å². The quantitative estimate of drug-likeness (QED) is 0.0509. The summed E-state index contributed by atoms with van der Waals surface area (Å²) in [4.78, 5) is 0. The molecule has 2 unspecified atom stereocenters. The van der Waals surface area contributed by atoms with Crippen molar-refractivity contribution in [3.8, 4) is 5.75 Å². The summed E-state index contributed by atoms with van der Waals surface area (Å²) in [6, 6.07) is 9.95. The Kier molecular flexibility index (Phi) is 34.1. The maximum Gasteiger partial charge on any atom is 0.397 e. The molecule has 0 amide bonds. The zero-order valence-electron chi connectivity index (χ0n) is 32.2. The topological polar surface area (TPSA) is 46.2 Å². The van der Waals surface area contributed by atoms with Crippen molar-refractivity contribution in [2.45, 2.75) is 207 Å². The molecule has 0 saturated carbocycles. The summed E-state index contributed by atoms with van der Waals surface area (Å²) in [6.07, 6.45) is 33.0. The summed E-state index contributed by atoms with van der Waals surface area (Å²) in [5, 5.41) is 0. The number of rotatable bonds is 38. The van der Waals surface area contributed by atoms with Gasteiger partial charge in [0.1, 0.15) is 5.75 Å². The molecule has 0 spiro atoms. The molecular weight excluding hydrogens is 615 g/mol. The minimum atomic E-state index is -1.45. The molecule has 0 aliphatic rings. The van der Waals surface area contributed by atoms with E-state index >= 15 is 0 Å². The fourth-order valence-corrected chi connectivity index (χ4v) is 7.07. The molecule has 0 aromatic heterocycles. The van der Waals surface area contributed by atoms with Crippen LogP contribution in [0.4, 0.5) is 0 Å². The summed E-state index contributed by atoms with van der Waals surface area (Å²) in [5.74, 6) is 0.801. The zero-order valence-corrected chi connectivity index (χ0v) is 33.1. The lowest BCUT2D eigenvalue weighted by Crippen LogP contribution is -2.15. The van der Waals surface area contributed by atoms with Gasteiger partial charge in [0.15, 0.2) is 0 Å². The van der Waals surface area contributed by atoms with Gasteiger partial charge in [0.05, 0.1) is 25.4 Å². The third kappa shape index (κ3) is 29.1. The molecule has 2 atom stereocenters. The number of para-hydroxylation sites is 1. The second-order valence-electron chi connectivity index (χ2n) is 13.8. The normalized spacial score (nSPS) is 13.5. The van der Waals surface area contributed by atoms with E-state index in [-0.39, 0.29) is 0 Å². The summed E-state index contributed by atoms with van der Waals surface area (Å²) in [6.45, 7) is 12.1. The van der Waals surface area contributed by atoms with Crippen molar-refractivity contribution in [1.29, 1.82) is 0 Å². The van der Waals surface area contributed by atoms with E-state index in [1.54, 1.807) is 0 Å². The van der Waals surface area contributed by atoms with Gasteiger partial charge in [-0.25, -0.2) is 0 Å². The van der Waals surface area contributed by atoms with Crippen LogP contribution in [0.2, 0.25) is 0 Å². The van der Waals surface area contributed by atoms with Gasteiger partial charge in [-0.2, -0.15) is 0 Å². The molecular formula is C42H79O5P. The Hall–Kier alpha value is -0.710. The van der Waals surface area contributed by atoms with Crippen LogP contribution < -0.4 is 4.52 Å². The monoisotopic (exact) mass is 695 g/mol. The van der Waals surface area contributed by atoms with E-state index in [0.717, 1.165) is 57.5 Å². The second-order valence-corrected chi connectivity index (χ2v) is 14.9. The molecule has 1 rings (SSSR count). The number of benzene rings is 1. The third-order valence-corrected chi connectivity index (χ3v) is 10.3. The summed E-state index contributed by atoms with van der Waals surface area (Å²) in [5.41, 5.74) is 0. The van der Waals surface area contributed by atoms with E-state index in [2.05, 4.69) is 27.7 Å². The number of ether oxygens (including phenoxy) is 2. The first-order chi connectivity index (χ1) is 23.7. The average Bonchev–Trinajstić information content (AvgIpc) is 3.10. The van der Waals surface area contributed by atoms with Crippen LogP contribution in [0.15, 0.2) is 30.3 Å². The van der Waals surface area contributed by atoms with Crippen molar-refractivity contribution >= 4 is 8.60 Å². The van der Waals surface area contributed by atoms with Crippen LogP contribution >= 0.6 is 8.60 Å². The molecule has 0 aliphatic heterocycles. The van der Waals surface area contributed by atoms with Crippen molar-refractivity contribution in [2.24, 2.45) is 0 Å². The van der Waals surface area contributed by atoms with E-state index < -0.39 is 8.60 Å². The van der Waals surface area contributed by atoms with Gasteiger partial charge in [0.2, 0.25) is 0 Å². The van der Waals surface area contributed by atoms with Crippen LogP contribution in [-0.2, 0) is 18.5 Å². The van der Waals surface area contributed by atoms with Gasteiger partial charge in [-0.3, -0.25) is 0 Å². The summed E-state index contributed by atoms with van der Waals surface area (Å²) in [7, 11) is -1.45. The highest BCUT2D eigenvalue weighted by Crippen LogP contribution is 2.41. The Morgan fingerprint density at radius 2 is 0.792 bits per heavy atom. The molecule has 0 N–H and O–H groups in total. The van der Waals surface area contributed by atoms with Crippen molar-refractivity contribution in [1.82, 2.24) is 0 Å². The van der Waals surface area contributed by atoms with Gasteiger partial charge in [-0.15, -0.1) is 0 Å². The van der Waals surface area contributed by atoms with E-state index in [4.69, 9.17) is 23.0 Å². The SMILES string of the molecule is CCCCCCCCCOC(CCCCC)CCCOP(OCCCC(CCCCC)OCCCCCCCCC)Oc1ccccc1. The summed E-state index contributed by atoms with van der Waals surface area (Å²) < 4.78 is 31.5. The Bertz CT molecular complexity index is 709. The van der Waals surface area contributed by atoms with Crippen LogP contribution in [-0.4, -0.2) is 38.6 Å². The maximum atomic E-state index is 6.39. The fourth-order valence-electron chi connectivity index (χ4n) is 6.04. The first kappa shape index (κ1) is 45.3. The lowest BCUT2D eigenvalue weighted by atomic mass is 10.1. The molecule has 0 fully saturated rings. The van der Waals surface area contributed by atoms with Gasteiger partial charge < -0.3 is 23.0 Å². The molecule has 282 valence electrons. The first-order valence-electron chi connectivity index (χ1n) is 20.8. The highest BCUT2D eigenvalue weighted by atomic mass is 31.2. The van der Waals surface area contributed by atoms with Gasteiger partial charge in [0, 0.05) is 13.2 Å². The first-order valence-corrected chi connectivity index (χ1v) is 21.8. The van der Waals surface area contributed by atoms with E-state index in [9.17, 15) is 0 Å². The molecule has 6 heteroatoms. The van der Waals surface area contributed by atoms with Crippen molar-refractivity contribution in [2.75, 3.05) is 26.4 Å². The molecule has 48 heavy (non-hydrogen) atoms. The van der Waals surface area contributed by atoms with Gasteiger partial charge in [-0.05, 0) is 63.5 Å². The second kappa shape index (κ2) is 36.1. The Labute approximate surface area is 300 Å². The Morgan fingerprint density at radius 3 is 1.23 bits per heavy atom. The number of hydrogen-bond acceptors (Lipinski definition) is 5. The predicted octanol–water partition coefficient (Wildman–Crippen LogP) is 14.3. The molecule has 0 heterocycles. The number of unbranched alkanes of at least 4 members (excludes halogenated alkanes) is 16. The van der Waals surface area contributed by atoms with Gasteiger partial charge >= 0.3 is 8.60 Å². The molecule has 1 aromatic rings. The highest BCUT2D eigenvalue weighted by molar-refractivity contribution is 7.42. The van der Waals surface area contributed by atoms with Crippen LogP contribution in [0.5, 0.6) is 5.75 Å². The molecule has 1 aromatic carbocycles. The third-order valence-electron chi connectivity index (χ3n) is 9.12. The van der Waals surface area contributed by atoms with E-state index in [1.165, 1.54) is 128 Å². The lowest BCUT2D eigenvalue weighted by molar-refractivity contribution is 0.0318. The zero-order chi connectivity index (χ0) is 34.6. The lowest BCUT2D eigenvalue weighted by Gasteiger charge is -2.21. The van der Waals surface area contributed by atoms with Gasteiger partial charge in [0.25, 0.3) is 0 Å². The Morgan fingerprint density at radius 1 is 0.417 bits per heavy atom. The van der Waals surface area contributed by atoms with Crippen LogP contribution in [0.1, 0.15) is 195 Å². The summed E-state index contributed by atoms with van der Waals surface area (Å²) >= 11 is 0. The van der Waals surface area contributed by atoms with Crippen molar-refractivity contribution < 1.29 is 23.0 Å². The van der Waals surface area contributed by atoms with Crippen LogP contribution in [0.25, 0.3) is 0 Å². The van der Waals surface area contributed by atoms with Crippen LogP contribution in [0.3, 0.4) is 0 Å². The van der Waals surface area contributed by atoms with Crippen LogP contribution in [0, 0.1) is 0 Å². The van der Waals surface area contributed by atoms with Gasteiger partial charge in [-0.1, -0.05) is 161 Å². The molecule has 0 radical (unpaired) electrons. The number of hydrogen-bond donors (Lipinski definition) is 0. The average molecular weight is 695 g/mol. The van der Waals surface area contributed by atoms with Crippen molar-refractivity contribution in [3.63, 3.8) is 0 Å². The largest absolute Gasteiger partial charge is 0.427 e. The molecule has 5 nitrogen and oxygen atoms in total. The highest BCUT2D eigenvalue weighted by Gasteiger charge is 2.17. The molecule has 0 saturated heterocycles. The minimum absolute atomic E-state index is 0.327. The fraction of sp³-hybridized carbons (Fsp3) is 0.857. The minimum Gasteiger partial charge on any atom is -0.427 e. The standard InChI is InChI=1S/C42H79O5P/c1-5-9-13-15-17-19-26-36-43-40(30-22-11-7-3)34-28-38-45-48(47-42-32-24-21-25-33-42)46-39-29-35-41(31-23-12-8-4)44-37-27-20-18-16-14-10-6-2/h21,24-25,32-33,40-41H,5-20,22-23,26-31,34-39H2,1-4H3. The molecule has 0 bridgehead atoms. The van der Waals surface area contributed by atoms with Crippen molar-refractivity contribution in [3.05, 3.63) is 30.3 Å². The predicted molar refractivity (Wildman–Crippen MR) is 208 cm³/mol. The Balaban J connectivity index is 2.47. The smallest absolute Gasteiger partial charge is 0.397 e.